The van der Waals surface area contributed by atoms with Gasteiger partial charge in [-0.1, -0.05) is 13.3 Å². The van der Waals surface area contributed by atoms with Crippen LogP contribution in [0.4, 0.5) is 0 Å². The van der Waals surface area contributed by atoms with Crippen LogP contribution >= 0.6 is 0 Å². The Balaban J connectivity index is 2.97. The highest BCUT2D eigenvalue weighted by Gasteiger charge is 2.13. The molecule has 0 unspecified atom stereocenters. The number of amides is 1. The van der Waals surface area contributed by atoms with E-state index in [4.69, 9.17) is 5.11 Å². The second-order valence-electron chi connectivity index (χ2n) is 4.00. The molecule has 0 fully saturated rings. The number of pyridine rings is 1. The van der Waals surface area contributed by atoms with Crippen molar-refractivity contribution in [1.82, 2.24) is 10.3 Å². The van der Waals surface area contributed by atoms with Crippen LogP contribution in [0.2, 0.25) is 0 Å². The van der Waals surface area contributed by atoms with Crippen LogP contribution in [-0.2, 0) is 11.2 Å². The average Bonchev–Trinajstić information content (AvgIpc) is 2.30. The van der Waals surface area contributed by atoms with Gasteiger partial charge in [-0.05, 0) is 25.0 Å². The Labute approximate surface area is 104 Å². The lowest BCUT2D eigenvalue weighted by atomic mass is 10.1. The lowest BCUT2D eigenvalue weighted by Crippen LogP contribution is -2.33. The number of hydrogen-bond acceptors (Lipinski definition) is 3. The number of aromatic amines is 1. The van der Waals surface area contributed by atoms with Crippen LogP contribution in [0.15, 0.2) is 10.9 Å². The Hall–Kier alpha value is -2.11. The summed E-state index contributed by atoms with van der Waals surface area (Å²) in [6, 6.07) is 1.49. The first-order valence-electron chi connectivity index (χ1n) is 5.68. The first-order valence-corrected chi connectivity index (χ1v) is 5.68. The summed E-state index contributed by atoms with van der Waals surface area (Å²) in [6.07, 6.45) is 1.62. The van der Waals surface area contributed by atoms with Crippen molar-refractivity contribution in [2.24, 2.45) is 0 Å². The summed E-state index contributed by atoms with van der Waals surface area (Å²) in [6.45, 7) is 3.29. The van der Waals surface area contributed by atoms with Crippen molar-refractivity contribution in [3.63, 3.8) is 0 Å². The van der Waals surface area contributed by atoms with Gasteiger partial charge in [-0.15, -0.1) is 0 Å². The predicted octanol–water partition coefficient (Wildman–Crippen LogP) is 0.450. The SMILES string of the molecule is CCCc1[nH]c(=O)c(C(=O)NCC(=O)O)cc1C. The van der Waals surface area contributed by atoms with Crippen LogP contribution in [-0.4, -0.2) is 28.5 Å². The molecule has 18 heavy (non-hydrogen) atoms. The molecular weight excluding hydrogens is 236 g/mol. The molecule has 98 valence electrons. The maximum Gasteiger partial charge on any atom is 0.322 e. The van der Waals surface area contributed by atoms with Crippen LogP contribution in [0.1, 0.15) is 35.0 Å². The van der Waals surface area contributed by atoms with Gasteiger partial charge in [-0.2, -0.15) is 0 Å². The zero-order valence-electron chi connectivity index (χ0n) is 10.4. The molecule has 0 saturated carbocycles. The summed E-state index contributed by atoms with van der Waals surface area (Å²) in [5.41, 5.74) is 1.06. The highest BCUT2D eigenvalue weighted by molar-refractivity contribution is 5.95. The molecule has 0 atom stereocenters. The maximum absolute atomic E-state index is 11.7. The van der Waals surface area contributed by atoms with E-state index in [1.165, 1.54) is 6.07 Å². The summed E-state index contributed by atoms with van der Waals surface area (Å²) in [7, 11) is 0. The summed E-state index contributed by atoms with van der Waals surface area (Å²) in [5.74, 6) is -1.83. The molecule has 0 aromatic carbocycles. The van der Waals surface area contributed by atoms with Crippen molar-refractivity contribution in [2.75, 3.05) is 6.54 Å². The van der Waals surface area contributed by atoms with Gasteiger partial charge in [0.1, 0.15) is 12.1 Å². The number of hydrogen-bond donors (Lipinski definition) is 3. The third-order valence-electron chi connectivity index (χ3n) is 2.49. The van der Waals surface area contributed by atoms with Gasteiger partial charge in [0.2, 0.25) is 0 Å². The van der Waals surface area contributed by atoms with Gasteiger partial charge in [0.15, 0.2) is 0 Å². The molecule has 1 heterocycles. The maximum atomic E-state index is 11.7. The van der Waals surface area contributed by atoms with Crippen LogP contribution < -0.4 is 10.9 Å². The topological polar surface area (TPSA) is 99.3 Å². The molecule has 1 amide bonds. The molecule has 1 aromatic heterocycles. The quantitative estimate of drug-likeness (QED) is 0.708. The van der Waals surface area contributed by atoms with Crippen molar-refractivity contribution in [3.05, 3.63) is 33.2 Å². The van der Waals surface area contributed by atoms with E-state index in [0.29, 0.717) is 0 Å². The van der Waals surface area contributed by atoms with E-state index < -0.39 is 24.0 Å². The normalized spacial score (nSPS) is 10.1. The number of aryl methyl sites for hydroxylation is 2. The monoisotopic (exact) mass is 252 g/mol. The molecule has 0 aliphatic rings. The van der Waals surface area contributed by atoms with Crippen molar-refractivity contribution >= 4 is 11.9 Å². The smallest absolute Gasteiger partial charge is 0.322 e. The molecule has 3 N–H and O–H groups in total. The van der Waals surface area contributed by atoms with Crippen LogP contribution in [0, 0.1) is 6.92 Å². The largest absolute Gasteiger partial charge is 0.480 e. The summed E-state index contributed by atoms with van der Waals surface area (Å²) in [5, 5.41) is 10.6. The van der Waals surface area contributed by atoms with Gasteiger partial charge < -0.3 is 15.4 Å². The van der Waals surface area contributed by atoms with Crippen molar-refractivity contribution < 1.29 is 14.7 Å². The molecule has 1 aromatic rings. The second-order valence-corrected chi connectivity index (χ2v) is 4.00. The summed E-state index contributed by atoms with van der Waals surface area (Å²) in [4.78, 5) is 36.3. The van der Waals surface area contributed by atoms with Crippen LogP contribution in [0.5, 0.6) is 0 Å². The highest BCUT2D eigenvalue weighted by atomic mass is 16.4. The molecule has 0 aliphatic carbocycles. The van der Waals surface area contributed by atoms with E-state index >= 15 is 0 Å². The molecule has 6 heteroatoms. The van der Waals surface area contributed by atoms with Gasteiger partial charge in [-0.3, -0.25) is 14.4 Å². The van der Waals surface area contributed by atoms with E-state index in [1.807, 2.05) is 6.92 Å². The zero-order valence-corrected chi connectivity index (χ0v) is 10.4. The number of aliphatic carboxylic acids is 1. The summed E-state index contributed by atoms with van der Waals surface area (Å²) < 4.78 is 0. The average molecular weight is 252 g/mol. The lowest BCUT2D eigenvalue weighted by Gasteiger charge is -2.07. The molecule has 1 rings (SSSR count). The Morgan fingerprint density at radius 1 is 1.44 bits per heavy atom. The standard InChI is InChI=1S/C12H16N2O4/c1-3-4-9-7(2)5-8(12(18)14-9)11(17)13-6-10(15)16/h5H,3-4,6H2,1-2H3,(H,13,17)(H,14,18)(H,15,16). The van der Waals surface area contributed by atoms with Gasteiger partial charge >= 0.3 is 5.97 Å². The van der Waals surface area contributed by atoms with E-state index in [2.05, 4.69) is 10.3 Å². The zero-order chi connectivity index (χ0) is 13.7. The minimum absolute atomic E-state index is 0.0615. The van der Waals surface area contributed by atoms with Gasteiger partial charge in [0.05, 0.1) is 0 Å². The fourth-order valence-electron chi connectivity index (χ4n) is 1.60. The lowest BCUT2D eigenvalue weighted by molar-refractivity contribution is -0.135. The molecule has 0 spiro atoms. The molecule has 6 nitrogen and oxygen atoms in total. The van der Waals surface area contributed by atoms with Crippen LogP contribution in [0.25, 0.3) is 0 Å². The number of H-pyrrole nitrogens is 1. The van der Waals surface area contributed by atoms with Gasteiger partial charge in [0, 0.05) is 5.69 Å². The first-order chi connectivity index (χ1) is 8.45. The molecule has 0 radical (unpaired) electrons. The number of nitrogens with one attached hydrogen (secondary N) is 2. The number of rotatable bonds is 5. The third-order valence-corrected chi connectivity index (χ3v) is 2.49. The highest BCUT2D eigenvalue weighted by Crippen LogP contribution is 2.06. The minimum Gasteiger partial charge on any atom is -0.480 e. The first kappa shape index (κ1) is 14.0. The van der Waals surface area contributed by atoms with Crippen LogP contribution in [0.3, 0.4) is 0 Å². The molecule has 0 bridgehead atoms. The summed E-state index contributed by atoms with van der Waals surface area (Å²) >= 11 is 0. The molecular formula is C12H16N2O4. The number of aromatic nitrogens is 1. The molecule has 0 aliphatic heterocycles. The Morgan fingerprint density at radius 3 is 2.67 bits per heavy atom. The number of carboxylic acids is 1. The minimum atomic E-state index is -1.15. The third kappa shape index (κ3) is 3.44. The van der Waals surface area contributed by atoms with E-state index in [9.17, 15) is 14.4 Å². The predicted molar refractivity (Wildman–Crippen MR) is 65.8 cm³/mol. The number of carbonyl (C=O) groups is 2. The van der Waals surface area contributed by atoms with Crippen molar-refractivity contribution in [2.45, 2.75) is 26.7 Å². The second kappa shape index (κ2) is 6.00. The Morgan fingerprint density at radius 2 is 2.11 bits per heavy atom. The Kier molecular flexibility index (Phi) is 4.65. The van der Waals surface area contributed by atoms with Gasteiger partial charge in [0.25, 0.3) is 11.5 Å². The van der Waals surface area contributed by atoms with E-state index in [0.717, 1.165) is 24.1 Å². The van der Waals surface area contributed by atoms with E-state index in [1.54, 1.807) is 6.92 Å². The number of carbonyl (C=O) groups excluding carboxylic acids is 1. The van der Waals surface area contributed by atoms with Crippen molar-refractivity contribution in [1.29, 1.82) is 0 Å². The molecule has 0 saturated heterocycles. The Bertz CT molecular complexity index is 519. The fourth-order valence-corrected chi connectivity index (χ4v) is 1.60. The van der Waals surface area contributed by atoms with Crippen molar-refractivity contribution in [3.8, 4) is 0 Å². The number of carboxylic acid groups (broad SMARTS) is 1. The van der Waals surface area contributed by atoms with E-state index in [-0.39, 0.29) is 5.56 Å². The fraction of sp³-hybridized carbons (Fsp3) is 0.417. The van der Waals surface area contributed by atoms with Gasteiger partial charge in [-0.25, -0.2) is 0 Å².